The molecule has 0 saturated carbocycles. The van der Waals surface area contributed by atoms with E-state index < -0.39 is 0 Å². The van der Waals surface area contributed by atoms with E-state index in [-0.39, 0.29) is 23.5 Å². The van der Waals surface area contributed by atoms with Gasteiger partial charge < -0.3 is 10.1 Å². The lowest BCUT2D eigenvalue weighted by Gasteiger charge is -2.15. The Bertz CT molecular complexity index is 1210. The molecule has 0 fully saturated rings. The number of ether oxygens (including phenoxy) is 1. The van der Waals surface area contributed by atoms with Gasteiger partial charge in [-0.25, -0.2) is 9.07 Å². The van der Waals surface area contributed by atoms with E-state index in [9.17, 15) is 9.18 Å². The molecule has 0 aliphatic carbocycles. The van der Waals surface area contributed by atoms with Gasteiger partial charge in [0.05, 0.1) is 23.1 Å². The molecule has 4 rings (SSSR count). The normalized spacial score (nSPS) is 11.7. The van der Waals surface area contributed by atoms with Gasteiger partial charge in [0.2, 0.25) is 0 Å². The van der Waals surface area contributed by atoms with Gasteiger partial charge in [-0.2, -0.15) is 0 Å². The van der Waals surface area contributed by atoms with Crippen molar-refractivity contribution in [3.63, 3.8) is 0 Å². The summed E-state index contributed by atoms with van der Waals surface area (Å²) in [6, 6.07) is 18.8. The monoisotopic (exact) mass is 431 g/mol. The van der Waals surface area contributed by atoms with Crippen LogP contribution in [0.3, 0.4) is 0 Å². The molecule has 8 heteroatoms. The molecular weight excluding hydrogens is 409 g/mol. The van der Waals surface area contributed by atoms with Crippen LogP contribution in [0.15, 0.2) is 72.9 Å². The summed E-state index contributed by atoms with van der Waals surface area (Å²) in [7, 11) is 0. The van der Waals surface area contributed by atoms with Crippen molar-refractivity contribution in [1.82, 2.24) is 25.3 Å². The van der Waals surface area contributed by atoms with E-state index in [1.54, 1.807) is 25.3 Å². The van der Waals surface area contributed by atoms with Gasteiger partial charge in [-0.15, -0.1) is 5.10 Å². The fourth-order valence-corrected chi connectivity index (χ4v) is 3.23. The molecule has 1 amide bonds. The maximum absolute atomic E-state index is 13.2. The highest BCUT2D eigenvalue weighted by molar-refractivity contribution is 5.93. The first-order valence-electron chi connectivity index (χ1n) is 10.1. The fraction of sp³-hybridized carbons (Fsp3) is 0.167. The summed E-state index contributed by atoms with van der Waals surface area (Å²) in [6.07, 6.45) is 1.72. The van der Waals surface area contributed by atoms with Crippen LogP contribution in [0.5, 0.6) is 5.75 Å². The zero-order valence-electron chi connectivity index (χ0n) is 17.7. The zero-order chi connectivity index (χ0) is 22.5. The summed E-state index contributed by atoms with van der Waals surface area (Å²) in [4.78, 5) is 17.1. The van der Waals surface area contributed by atoms with E-state index in [0.717, 1.165) is 11.3 Å². The van der Waals surface area contributed by atoms with Crippen LogP contribution in [0.4, 0.5) is 4.39 Å². The number of hydrogen-bond donors (Lipinski definition) is 1. The molecule has 1 N–H and O–H groups in total. The van der Waals surface area contributed by atoms with E-state index in [2.05, 4.69) is 20.6 Å². The molecular formula is C24H22FN5O2. The first kappa shape index (κ1) is 21.2. The minimum atomic E-state index is -0.344. The second kappa shape index (κ2) is 9.38. The van der Waals surface area contributed by atoms with Crippen molar-refractivity contribution in [2.45, 2.75) is 26.5 Å². The summed E-state index contributed by atoms with van der Waals surface area (Å²) in [5.74, 6) is 0.000377. The highest BCUT2D eigenvalue weighted by atomic mass is 19.1. The number of benzene rings is 2. The van der Waals surface area contributed by atoms with E-state index >= 15 is 0 Å². The molecule has 1 atom stereocenters. The Labute approximate surface area is 184 Å². The number of halogens is 1. The van der Waals surface area contributed by atoms with Crippen molar-refractivity contribution in [2.24, 2.45) is 0 Å². The van der Waals surface area contributed by atoms with E-state index in [0.29, 0.717) is 23.7 Å². The van der Waals surface area contributed by atoms with E-state index in [1.807, 2.05) is 49.4 Å². The fourth-order valence-electron chi connectivity index (χ4n) is 3.23. The molecule has 162 valence electrons. The number of carbonyl (C=O) groups is 1. The standard InChI is InChI=1S/C24H22FN5O2/c1-16(18-6-5-8-22(14-18)32-15-20-7-3-4-13-26-20)27-24(31)23-17(2)30(29-28-23)21-11-9-19(25)10-12-21/h3-14,16H,15H2,1-2H3,(H,27,31). The number of rotatable bonds is 7. The first-order valence-corrected chi connectivity index (χ1v) is 10.1. The number of amides is 1. The Balaban J connectivity index is 1.43. The Hall–Kier alpha value is -4.07. The van der Waals surface area contributed by atoms with Crippen molar-refractivity contribution >= 4 is 5.91 Å². The molecule has 0 spiro atoms. The Kier molecular flexibility index (Phi) is 6.21. The Morgan fingerprint density at radius 1 is 1.12 bits per heavy atom. The average Bonchev–Trinajstić information content (AvgIpc) is 3.20. The average molecular weight is 431 g/mol. The van der Waals surface area contributed by atoms with Gasteiger partial charge in [0.15, 0.2) is 5.69 Å². The van der Waals surface area contributed by atoms with Crippen LogP contribution in [-0.2, 0) is 6.61 Å². The molecule has 0 aliphatic rings. The van der Waals surface area contributed by atoms with Crippen LogP contribution in [-0.4, -0.2) is 25.9 Å². The maximum atomic E-state index is 13.2. The Morgan fingerprint density at radius 3 is 2.69 bits per heavy atom. The smallest absolute Gasteiger partial charge is 0.274 e. The van der Waals surface area contributed by atoms with Crippen LogP contribution in [0, 0.1) is 12.7 Å². The van der Waals surface area contributed by atoms with Crippen molar-refractivity contribution in [3.8, 4) is 11.4 Å². The van der Waals surface area contributed by atoms with Gasteiger partial charge in [0.1, 0.15) is 18.2 Å². The second-order valence-electron chi connectivity index (χ2n) is 7.29. The van der Waals surface area contributed by atoms with Crippen LogP contribution in [0.25, 0.3) is 5.69 Å². The topological polar surface area (TPSA) is 81.9 Å². The SMILES string of the molecule is Cc1c(C(=O)NC(C)c2cccc(OCc3ccccn3)c2)nnn1-c1ccc(F)cc1. The highest BCUT2D eigenvalue weighted by Gasteiger charge is 2.20. The molecule has 2 heterocycles. The predicted molar refractivity (Wildman–Crippen MR) is 117 cm³/mol. The quantitative estimate of drug-likeness (QED) is 0.475. The lowest BCUT2D eigenvalue weighted by atomic mass is 10.1. The predicted octanol–water partition coefficient (Wildman–Crippen LogP) is 4.18. The van der Waals surface area contributed by atoms with Gasteiger partial charge in [0, 0.05) is 6.20 Å². The van der Waals surface area contributed by atoms with E-state index in [4.69, 9.17) is 4.74 Å². The third kappa shape index (κ3) is 4.80. The van der Waals surface area contributed by atoms with Crippen LogP contribution >= 0.6 is 0 Å². The number of nitrogens with one attached hydrogen (secondary N) is 1. The van der Waals surface area contributed by atoms with Crippen LogP contribution < -0.4 is 10.1 Å². The second-order valence-corrected chi connectivity index (χ2v) is 7.29. The largest absolute Gasteiger partial charge is 0.487 e. The van der Waals surface area contributed by atoms with Gasteiger partial charge in [0.25, 0.3) is 5.91 Å². The number of carbonyl (C=O) groups excluding carboxylic acids is 1. The van der Waals surface area contributed by atoms with Crippen molar-refractivity contribution < 1.29 is 13.9 Å². The minimum absolute atomic E-state index is 0.212. The molecule has 0 saturated heterocycles. The number of aromatic nitrogens is 4. The van der Waals surface area contributed by atoms with Crippen LogP contribution in [0.1, 0.15) is 40.4 Å². The molecule has 1 unspecified atom stereocenters. The molecule has 2 aromatic carbocycles. The van der Waals surface area contributed by atoms with Crippen LogP contribution in [0.2, 0.25) is 0 Å². The van der Waals surface area contributed by atoms with Crippen molar-refractivity contribution in [3.05, 3.63) is 101 Å². The van der Waals surface area contributed by atoms with E-state index in [1.165, 1.54) is 16.8 Å². The first-order chi connectivity index (χ1) is 15.5. The van der Waals surface area contributed by atoms with Gasteiger partial charge in [-0.3, -0.25) is 9.78 Å². The van der Waals surface area contributed by atoms with Gasteiger partial charge >= 0.3 is 0 Å². The lowest BCUT2D eigenvalue weighted by Crippen LogP contribution is -2.27. The molecule has 0 radical (unpaired) electrons. The lowest BCUT2D eigenvalue weighted by molar-refractivity contribution is 0.0934. The number of hydrogen-bond acceptors (Lipinski definition) is 5. The minimum Gasteiger partial charge on any atom is -0.487 e. The molecule has 4 aromatic rings. The molecule has 32 heavy (non-hydrogen) atoms. The summed E-state index contributed by atoms with van der Waals surface area (Å²) >= 11 is 0. The Morgan fingerprint density at radius 2 is 1.94 bits per heavy atom. The molecule has 7 nitrogen and oxygen atoms in total. The highest BCUT2D eigenvalue weighted by Crippen LogP contribution is 2.21. The summed E-state index contributed by atoms with van der Waals surface area (Å²) in [5, 5.41) is 11.0. The molecule has 0 aliphatic heterocycles. The summed E-state index contributed by atoms with van der Waals surface area (Å²) in [6.45, 7) is 3.99. The molecule has 2 aromatic heterocycles. The van der Waals surface area contributed by atoms with Crippen molar-refractivity contribution in [2.75, 3.05) is 0 Å². The maximum Gasteiger partial charge on any atom is 0.274 e. The van der Waals surface area contributed by atoms with Gasteiger partial charge in [-0.1, -0.05) is 23.4 Å². The summed E-state index contributed by atoms with van der Waals surface area (Å²) in [5.41, 5.74) is 3.12. The number of pyridine rings is 1. The third-order valence-corrected chi connectivity index (χ3v) is 5.00. The zero-order valence-corrected chi connectivity index (χ0v) is 17.7. The molecule has 0 bridgehead atoms. The summed E-state index contributed by atoms with van der Waals surface area (Å²) < 4.78 is 20.5. The van der Waals surface area contributed by atoms with Gasteiger partial charge in [-0.05, 0) is 67.9 Å². The number of nitrogens with zero attached hydrogens (tertiary/aromatic N) is 4. The third-order valence-electron chi connectivity index (χ3n) is 5.00. The van der Waals surface area contributed by atoms with Crippen molar-refractivity contribution in [1.29, 1.82) is 0 Å².